The van der Waals surface area contributed by atoms with Gasteiger partial charge in [0, 0.05) is 11.4 Å². The first kappa shape index (κ1) is 10.7. The van der Waals surface area contributed by atoms with Crippen molar-refractivity contribution in [3.8, 4) is 0 Å². The van der Waals surface area contributed by atoms with Crippen LogP contribution in [0.1, 0.15) is 31.4 Å². The molecule has 1 aromatic carbocycles. The molecule has 0 aliphatic carbocycles. The molecule has 0 fully saturated rings. The summed E-state index contributed by atoms with van der Waals surface area (Å²) >= 11 is 0. The lowest BCUT2D eigenvalue weighted by Gasteiger charge is -2.20. The first-order chi connectivity index (χ1) is 7.61. The van der Waals surface area contributed by atoms with Crippen LogP contribution in [0.3, 0.4) is 0 Å². The van der Waals surface area contributed by atoms with E-state index >= 15 is 0 Å². The molecule has 1 heteroatoms. The van der Waals surface area contributed by atoms with Crippen LogP contribution in [0.5, 0.6) is 0 Å². The van der Waals surface area contributed by atoms with Crippen molar-refractivity contribution in [3.05, 3.63) is 53.8 Å². The maximum Gasteiger partial charge on any atom is 0.0463 e. The molecule has 16 heavy (non-hydrogen) atoms. The van der Waals surface area contributed by atoms with Crippen LogP contribution in [0, 0.1) is 0 Å². The lowest BCUT2D eigenvalue weighted by atomic mass is 9.98. The lowest BCUT2D eigenvalue weighted by molar-refractivity contribution is 1.24. The van der Waals surface area contributed by atoms with Gasteiger partial charge in [0.1, 0.15) is 0 Å². The summed E-state index contributed by atoms with van der Waals surface area (Å²) < 4.78 is 0. The quantitative estimate of drug-likeness (QED) is 0.762. The van der Waals surface area contributed by atoms with Gasteiger partial charge in [0.15, 0.2) is 0 Å². The maximum absolute atomic E-state index is 4.06. The second-order valence-electron chi connectivity index (χ2n) is 4.19. The molecule has 1 aliphatic heterocycles. The molecule has 1 aliphatic rings. The molecular formula is C15H17N. The van der Waals surface area contributed by atoms with Gasteiger partial charge in [-0.25, -0.2) is 0 Å². The van der Waals surface area contributed by atoms with Crippen molar-refractivity contribution >= 4 is 17.3 Å². The fourth-order valence-corrected chi connectivity index (χ4v) is 1.80. The smallest absolute Gasteiger partial charge is 0.0463 e. The van der Waals surface area contributed by atoms with Crippen LogP contribution < -0.4 is 5.32 Å². The van der Waals surface area contributed by atoms with Gasteiger partial charge < -0.3 is 5.32 Å². The summed E-state index contributed by atoms with van der Waals surface area (Å²) in [6, 6.07) is 6.41. The van der Waals surface area contributed by atoms with E-state index in [4.69, 9.17) is 0 Å². The molecule has 0 bridgehead atoms. The third kappa shape index (κ3) is 1.81. The van der Waals surface area contributed by atoms with Gasteiger partial charge in [-0.15, -0.1) is 0 Å². The highest BCUT2D eigenvalue weighted by Crippen LogP contribution is 2.31. The van der Waals surface area contributed by atoms with Crippen molar-refractivity contribution in [1.29, 1.82) is 0 Å². The van der Waals surface area contributed by atoms with Crippen molar-refractivity contribution in [2.24, 2.45) is 0 Å². The van der Waals surface area contributed by atoms with Crippen LogP contribution in [-0.2, 0) is 0 Å². The average Bonchev–Trinajstić information content (AvgIpc) is 2.29. The fourth-order valence-electron chi connectivity index (χ4n) is 1.80. The first-order valence-corrected chi connectivity index (χ1v) is 5.58. The van der Waals surface area contributed by atoms with E-state index < -0.39 is 0 Å². The summed E-state index contributed by atoms with van der Waals surface area (Å²) in [4.78, 5) is 0. The molecule has 0 amide bonds. The standard InChI is InChI=1S/C15H17N/c1-5-10(2)13-6-7-14-8-11(3)12(4)16-15(14)9-13/h6-9,16H,2,4-5H2,1,3H3. The number of rotatable bonds is 2. The Morgan fingerprint density at radius 2 is 2.12 bits per heavy atom. The predicted molar refractivity (Wildman–Crippen MR) is 72.2 cm³/mol. The minimum Gasteiger partial charge on any atom is -0.355 e. The summed E-state index contributed by atoms with van der Waals surface area (Å²) in [5, 5.41) is 3.33. The van der Waals surface area contributed by atoms with Gasteiger partial charge in [0.05, 0.1) is 0 Å². The van der Waals surface area contributed by atoms with Crippen molar-refractivity contribution in [2.75, 3.05) is 5.32 Å². The van der Waals surface area contributed by atoms with Crippen LogP contribution in [0.4, 0.5) is 5.69 Å². The Kier molecular flexibility index (Phi) is 2.69. The maximum atomic E-state index is 4.06. The molecule has 0 spiro atoms. The zero-order chi connectivity index (χ0) is 11.7. The zero-order valence-corrected chi connectivity index (χ0v) is 9.93. The van der Waals surface area contributed by atoms with Crippen molar-refractivity contribution in [3.63, 3.8) is 0 Å². The zero-order valence-electron chi connectivity index (χ0n) is 9.93. The minimum absolute atomic E-state index is 0.978. The van der Waals surface area contributed by atoms with Crippen molar-refractivity contribution in [2.45, 2.75) is 20.3 Å². The number of benzene rings is 1. The van der Waals surface area contributed by atoms with E-state index in [1.165, 1.54) is 22.3 Å². The number of fused-ring (bicyclic) bond motifs is 1. The van der Waals surface area contributed by atoms with E-state index in [1.807, 2.05) is 0 Å². The van der Waals surface area contributed by atoms with Gasteiger partial charge in [-0.2, -0.15) is 0 Å². The molecule has 1 N–H and O–H groups in total. The molecule has 0 atom stereocenters. The highest BCUT2D eigenvalue weighted by molar-refractivity contribution is 5.80. The summed E-state index contributed by atoms with van der Waals surface area (Å²) in [6.07, 6.45) is 3.14. The molecule has 0 saturated heterocycles. The van der Waals surface area contributed by atoms with Crippen LogP contribution in [-0.4, -0.2) is 0 Å². The number of anilines is 1. The predicted octanol–water partition coefficient (Wildman–Crippen LogP) is 4.45. The number of allylic oxidation sites excluding steroid dienone is 2. The van der Waals surface area contributed by atoms with Gasteiger partial charge in [-0.3, -0.25) is 0 Å². The Labute approximate surface area is 97.2 Å². The number of nitrogens with one attached hydrogen (secondary N) is 1. The molecule has 1 heterocycles. The largest absolute Gasteiger partial charge is 0.355 e. The number of hydrogen-bond donors (Lipinski definition) is 1. The lowest BCUT2D eigenvalue weighted by Crippen LogP contribution is -2.06. The van der Waals surface area contributed by atoms with E-state index in [-0.39, 0.29) is 0 Å². The third-order valence-corrected chi connectivity index (χ3v) is 3.02. The van der Waals surface area contributed by atoms with E-state index in [0.29, 0.717) is 0 Å². The van der Waals surface area contributed by atoms with Gasteiger partial charge in [-0.1, -0.05) is 32.2 Å². The Balaban J connectivity index is 2.45. The molecule has 0 aromatic heterocycles. The van der Waals surface area contributed by atoms with Crippen LogP contribution >= 0.6 is 0 Å². The molecule has 1 aromatic rings. The van der Waals surface area contributed by atoms with E-state index in [2.05, 4.69) is 56.6 Å². The minimum atomic E-state index is 0.978. The molecule has 0 unspecified atom stereocenters. The molecule has 82 valence electrons. The highest BCUT2D eigenvalue weighted by atomic mass is 14.9. The average molecular weight is 211 g/mol. The summed E-state index contributed by atoms with van der Waals surface area (Å²) in [5.74, 6) is 0. The highest BCUT2D eigenvalue weighted by Gasteiger charge is 2.10. The normalized spacial score (nSPS) is 13.9. The number of hydrogen-bond acceptors (Lipinski definition) is 1. The fraction of sp³-hybridized carbons (Fsp3) is 0.200. The van der Waals surface area contributed by atoms with E-state index in [0.717, 1.165) is 17.8 Å². The monoisotopic (exact) mass is 211 g/mol. The Bertz CT molecular complexity index is 492. The van der Waals surface area contributed by atoms with Crippen molar-refractivity contribution < 1.29 is 0 Å². The van der Waals surface area contributed by atoms with Gasteiger partial charge in [0.2, 0.25) is 0 Å². The summed E-state index contributed by atoms with van der Waals surface area (Å²) in [5.41, 5.74) is 6.89. The molecule has 2 rings (SSSR count). The Morgan fingerprint density at radius 1 is 1.38 bits per heavy atom. The first-order valence-electron chi connectivity index (χ1n) is 5.58. The van der Waals surface area contributed by atoms with E-state index in [9.17, 15) is 0 Å². The van der Waals surface area contributed by atoms with Gasteiger partial charge >= 0.3 is 0 Å². The molecule has 0 radical (unpaired) electrons. The third-order valence-electron chi connectivity index (χ3n) is 3.02. The van der Waals surface area contributed by atoms with Crippen LogP contribution in [0.2, 0.25) is 0 Å². The summed E-state index contributed by atoms with van der Waals surface area (Å²) in [6.45, 7) is 12.2. The topological polar surface area (TPSA) is 12.0 Å². The van der Waals surface area contributed by atoms with Crippen molar-refractivity contribution in [1.82, 2.24) is 0 Å². The Morgan fingerprint density at radius 3 is 2.81 bits per heavy atom. The van der Waals surface area contributed by atoms with E-state index in [1.54, 1.807) is 0 Å². The second-order valence-corrected chi connectivity index (χ2v) is 4.19. The molecule has 0 saturated carbocycles. The van der Waals surface area contributed by atoms with Crippen LogP contribution in [0.25, 0.3) is 11.6 Å². The molecular weight excluding hydrogens is 194 g/mol. The van der Waals surface area contributed by atoms with Crippen LogP contribution in [0.15, 0.2) is 42.6 Å². The van der Waals surface area contributed by atoms with Gasteiger partial charge in [0.25, 0.3) is 0 Å². The SMILES string of the molecule is C=C1Nc2cc(C(=C)CC)ccc2C=C1C. The van der Waals surface area contributed by atoms with Gasteiger partial charge in [-0.05, 0) is 47.8 Å². The summed E-state index contributed by atoms with van der Waals surface area (Å²) in [7, 11) is 0. The Hall–Kier alpha value is -1.76. The second kappa shape index (κ2) is 4.01. The molecule has 1 nitrogen and oxygen atoms in total.